The summed E-state index contributed by atoms with van der Waals surface area (Å²) in [7, 11) is 0. The van der Waals surface area contributed by atoms with Gasteiger partial charge in [-0.05, 0) is 36.6 Å². The van der Waals surface area contributed by atoms with E-state index in [9.17, 15) is 9.59 Å². The highest BCUT2D eigenvalue weighted by atomic mass is 16.6. The molecule has 0 amide bonds. The van der Waals surface area contributed by atoms with E-state index in [1.807, 2.05) is 12.1 Å². The first-order valence-corrected chi connectivity index (χ1v) is 9.67. The summed E-state index contributed by atoms with van der Waals surface area (Å²) in [6.45, 7) is 0. The first kappa shape index (κ1) is 17.2. The third-order valence-electron chi connectivity index (χ3n) is 6.06. The molecule has 2 fully saturated rings. The largest absolute Gasteiger partial charge is 0.453 e. The molecule has 2 bridgehead atoms. The van der Waals surface area contributed by atoms with Crippen molar-refractivity contribution in [3.05, 3.63) is 83.9 Å². The van der Waals surface area contributed by atoms with Gasteiger partial charge in [0.05, 0.1) is 23.2 Å². The second kappa shape index (κ2) is 6.91. The maximum Gasteiger partial charge on any atom is 0.338 e. The van der Waals surface area contributed by atoms with E-state index in [4.69, 9.17) is 9.47 Å². The van der Waals surface area contributed by atoms with Gasteiger partial charge >= 0.3 is 11.9 Å². The average Bonchev–Trinajstić information content (AvgIpc) is 3.43. The van der Waals surface area contributed by atoms with E-state index in [0.29, 0.717) is 23.0 Å². The fourth-order valence-electron chi connectivity index (χ4n) is 4.80. The van der Waals surface area contributed by atoms with Gasteiger partial charge < -0.3 is 14.8 Å². The minimum Gasteiger partial charge on any atom is -0.453 e. The minimum atomic E-state index is -0.505. The predicted octanol–water partition coefficient (Wildman–Crippen LogP) is 2.98. The van der Waals surface area contributed by atoms with Gasteiger partial charge in [-0.2, -0.15) is 0 Å². The van der Waals surface area contributed by atoms with Gasteiger partial charge in [0, 0.05) is 5.92 Å². The Labute approximate surface area is 163 Å². The van der Waals surface area contributed by atoms with Crippen LogP contribution in [0.5, 0.6) is 0 Å². The van der Waals surface area contributed by atoms with Crippen molar-refractivity contribution in [1.29, 1.82) is 0 Å². The highest BCUT2D eigenvalue weighted by Crippen LogP contribution is 2.47. The molecule has 2 saturated heterocycles. The molecule has 1 N–H and O–H groups in total. The summed E-state index contributed by atoms with van der Waals surface area (Å²) in [6.07, 6.45) is 4.33. The molecule has 5 rings (SSSR count). The quantitative estimate of drug-likeness (QED) is 0.657. The molecule has 6 unspecified atom stereocenters. The number of carbonyl (C=O) groups excluding carboxylic acids is 2. The van der Waals surface area contributed by atoms with Crippen molar-refractivity contribution < 1.29 is 19.1 Å². The Kier molecular flexibility index (Phi) is 4.24. The Morgan fingerprint density at radius 1 is 0.786 bits per heavy atom. The molecule has 5 heteroatoms. The molecule has 0 radical (unpaired) electrons. The number of ether oxygens (including phenoxy) is 2. The van der Waals surface area contributed by atoms with Gasteiger partial charge in [-0.25, -0.2) is 9.59 Å². The second-order valence-electron chi connectivity index (χ2n) is 7.60. The van der Waals surface area contributed by atoms with Crippen LogP contribution < -0.4 is 5.32 Å². The Hall–Kier alpha value is -2.92. The van der Waals surface area contributed by atoms with Crippen molar-refractivity contribution in [3.63, 3.8) is 0 Å². The van der Waals surface area contributed by atoms with E-state index in [-0.39, 0.29) is 24.0 Å². The maximum absolute atomic E-state index is 12.7. The lowest BCUT2D eigenvalue weighted by Crippen LogP contribution is -2.49. The molecule has 0 saturated carbocycles. The Balaban J connectivity index is 1.39. The molecule has 3 aliphatic rings. The molecule has 2 heterocycles. The zero-order chi connectivity index (χ0) is 19.1. The van der Waals surface area contributed by atoms with Gasteiger partial charge in [0.2, 0.25) is 0 Å². The molecule has 28 heavy (non-hydrogen) atoms. The van der Waals surface area contributed by atoms with Gasteiger partial charge in [0.25, 0.3) is 0 Å². The molecule has 5 nitrogen and oxygen atoms in total. The summed E-state index contributed by atoms with van der Waals surface area (Å²) in [4.78, 5) is 25.3. The molecule has 2 aliphatic heterocycles. The Morgan fingerprint density at radius 2 is 1.32 bits per heavy atom. The molecule has 2 aromatic carbocycles. The van der Waals surface area contributed by atoms with Crippen LogP contribution in [0.2, 0.25) is 0 Å². The van der Waals surface area contributed by atoms with Crippen LogP contribution in [0.3, 0.4) is 0 Å². The molecule has 0 spiro atoms. The number of hydrogen-bond acceptors (Lipinski definition) is 5. The lowest BCUT2D eigenvalue weighted by atomic mass is 9.78. The monoisotopic (exact) mass is 375 g/mol. The second-order valence-corrected chi connectivity index (χ2v) is 7.60. The van der Waals surface area contributed by atoms with Gasteiger partial charge in [-0.3, -0.25) is 0 Å². The van der Waals surface area contributed by atoms with Gasteiger partial charge in [-0.1, -0.05) is 48.6 Å². The molecular formula is C23H21NO4. The van der Waals surface area contributed by atoms with E-state index in [1.165, 1.54) is 0 Å². The summed E-state index contributed by atoms with van der Waals surface area (Å²) in [5, 5.41) is 3.54. The van der Waals surface area contributed by atoms with Crippen LogP contribution in [0.1, 0.15) is 27.1 Å². The number of allylic oxidation sites excluding steroid dienone is 1. The molecule has 0 aromatic heterocycles. The van der Waals surface area contributed by atoms with E-state index >= 15 is 0 Å². The number of carbonyl (C=O) groups is 2. The van der Waals surface area contributed by atoms with Crippen LogP contribution in [-0.2, 0) is 9.47 Å². The van der Waals surface area contributed by atoms with E-state index < -0.39 is 12.2 Å². The SMILES string of the molecule is O=C(OC1C2NC(C3CC=CC32)C1OC(=O)c1ccccc1)c1ccccc1. The third kappa shape index (κ3) is 2.83. The summed E-state index contributed by atoms with van der Waals surface area (Å²) >= 11 is 0. The van der Waals surface area contributed by atoms with Gasteiger partial charge in [0.1, 0.15) is 0 Å². The van der Waals surface area contributed by atoms with Crippen molar-refractivity contribution in [3.8, 4) is 0 Å². The number of fused-ring (bicyclic) bond motifs is 5. The molecular weight excluding hydrogens is 354 g/mol. The van der Waals surface area contributed by atoms with Crippen molar-refractivity contribution >= 4 is 11.9 Å². The van der Waals surface area contributed by atoms with E-state index in [2.05, 4.69) is 17.5 Å². The highest BCUT2D eigenvalue weighted by molar-refractivity contribution is 5.90. The third-order valence-corrected chi connectivity index (χ3v) is 6.06. The van der Waals surface area contributed by atoms with Gasteiger partial charge in [-0.15, -0.1) is 0 Å². The van der Waals surface area contributed by atoms with Crippen molar-refractivity contribution in [2.45, 2.75) is 30.7 Å². The van der Waals surface area contributed by atoms with Crippen LogP contribution in [0.25, 0.3) is 0 Å². The number of benzene rings is 2. The minimum absolute atomic E-state index is 0.00812. The summed E-state index contributed by atoms with van der Waals surface area (Å²) in [6, 6.07) is 17.8. The summed E-state index contributed by atoms with van der Waals surface area (Å²) in [5.41, 5.74) is 0.997. The first-order chi connectivity index (χ1) is 13.7. The predicted molar refractivity (Wildman–Crippen MR) is 103 cm³/mol. The number of hydrogen-bond donors (Lipinski definition) is 1. The smallest absolute Gasteiger partial charge is 0.338 e. The summed E-state index contributed by atoms with van der Waals surface area (Å²) < 4.78 is 11.8. The van der Waals surface area contributed by atoms with Gasteiger partial charge in [0.15, 0.2) is 12.2 Å². The zero-order valence-corrected chi connectivity index (χ0v) is 15.2. The van der Waals surface area contributed by atoms with Crippen molar-refractivity contribution in [2.24, 2.45) is 11.8 Å². The van der Waals surface area contributed by atoms with Crippen LogP contribution >= 0.6 is 0 Å². The Morgan fingerprint density at radius 3 is 1.89 bits per heavy atom. The first-order valence-electron chi connectivity index (χ1n) is 9.67. The number of esters is 2. The molecule has 142 valence electrons. The van der Waals surface area contributed by atoms with Crippen LogP contribution in [-0.4, -0.2) is 36.2 Å². The van der Waals surface area contributed by atoms with Crippen molar-refractivity contribution in [1.82, 2.24) is 5.32 Å². The van der Waals surface area contributed by atoms with Crippen LogP contribution in [0.15, 0.2) is 72.8 Å². The Bertz CT molecular complexity index is 911. The topological polar surface area (TPSA) is 64.6 Å². The average molecular weight is 375 g/mol. The fourth-order valence-corrected chi connectivity index (χ4v) is 4.80. The van der Waals surface area contributed by atoms with E-state index in [1.54, 1.807) is 48.5 Å². The molecule has 6 atom stereocenters. The normalized spacial score (nSPS) is 32.1. The lowest BCUT2D eigenvalue weighted by Gasteiger charge is -2.35. The standard InChI is InChI=1S/C23H21NO4/c25-22(14-8-3-1-4-9-14)27-20-18-16-12-7-13-17(16)19(24-18)21(20)28-23(26)15-10-5-2-6-11-15/h1-12,16-21,24H,13H2. The summed E-state index contributed by atoms with van der Waals surface area (Å²) in [5.74, 6) is -0.0852. The van der Waals surface area contributed by atoms with Crippen LogP contribution in [0, 0.1) is 11.8 Å². The van der Waals surface area contributed by atoms with E-state index in [0.717, 1.165) is 6.42 Å². The van der Waals surface area contributed by atoms with Crippen LogP contribution in [0.4, 0.5) is 0 Å². The zero-order valence-electron chi connectivity index (χ0n) is 15.2. The lowest BCUT2D eigenvalue weighted by molar-refractivity contribution is -0.0517. The molecule has 2 aromatic rings. The highest BCUT2D eigenvalue weighted by Gasteiger charge is 2.61. The molecule has 1 aliphatic carbocycles. The maximum atomic E-state index is 12.7. The number of rotatable bonds is 4. The fraction of sp³-hybridized carbons (Fsp3) is 0.304. The number of nitrogens with one attached hydrogen (secondary N) is 1. The van der Waals surface area contributed by atoms with Crippen molar-refractivity contribution in [2.75, 3.05) is 0 Å².